The van der Waals surface area contributed by atoms with Gasteiger partial charge in [-0.25, -0.2) is 4.68 Å². The molecule has 0 fully saturated rings. The molecule has 0 aliphatic rings. The number of hydrogen-bond acceptors (Lipinski definition) is 3. The molecule has 1 N–H and O–H groups in total. The standard InChI is InChI=1S/C13H16BrClN4/c1-13(2,3)16-7-10-8-19(18-17-10)12-5-4-9(14)6-11(12)15/h4-6,8,16H,7H2,1-3H3. The van der Waals surface area contributed by atoms with Crippen LogP contribution in [0.1, 0.15) is 26.5 Å². The van der Waals surface area contributed by atoms with Gasteiger partial charge in [0.2, 0.25) is 0 Å². The molecule has 4 nitrogen and oxygen atoms in total. The van der Waals surface area contributed by atoms with E-state index < -0.39 is 0 Å². The van der Waals surface area contributed by atoms with Gasteiger partial charge in [-0.05, 0) is 39.0 Å². The first-order chi connectivity index (χ1) is 8.85. The zero-order valence-corrected chi connectivity index (χ0v) is 13.5. The van der Waals surface area contributed by atoms with Gasteiger partial charge < -0.3 is 5.32 Å². The van der Waals surface area contributed by atoms with Gasteiger partial charge in [-0.2, -0.15) is 0 Å². The van der Waals surface area contributed by atoms with E-state index in [2.05, 4.69) is 52.3 Å². The van der Waals surface area contributed by atoms with Crippen molar-refractivity contribution in [3.05, 3.63) is 39.6 Å². The normalized spacial score (nSPS) is 11.8. The number of aromatic nitrogens is 3. The Morgan fingerprint density at radius 2 is 2.11 bits per heavy atom. The monoisotopic (exact) mass is 342 g/mol. The number of benzene rings is 1. The Balaban J connectivity index is 2.16. The predicted octanol–water partition coefficient (Wildman–Crippen LogP) is 3.57. The summed E-state index contributed by atoms with van der Waals surface area (Å²) in [4.78, 5) is 0. The minimum Gasteiger partial charge on any atom is -0.306 e. The number of halogens is 2. The zero-order valence-electron chi connectivity index (χ0n) is 11.1. The molecule has 1 aromatic carbocycles. The molecule has 6 heteroatoms. The third-order valence-corrected chi connectivity index (χ3v) is 3.29. The molecule has 1 heterocycles. The lowest BCUT2D eigenvalue weighted by Gasteiger charge is -2.19. The molecular weight excluding hydrogens is 328 g/mol. The first-order valence-corrected chi connectivity index (χ1v) is 7.14. The van der Waals surface area contributed by atoms with Crippen LogP contribution in [0.15, 0.2) is 28.9 Å². The lowest BCUT2D eigenvalue weighted by atomic mass is 10.1. The fourth-order valence-electron chi connectivity index (χ4n) is 1.52. The molecule has 0 saturated carbocycles. The molecule has 1 aromatic heterocycles. The predicted molar refractivity (Wildman–Crippen MR) is 80.7 cm³/mol. The molecule has 0 unspecified atom stereocenters. The molecule has 0 saturated heterocycles. The van der Waals surface area contributed by atoms with Crippen LogP contribution < -0.4 is 5.32 Å². The van der Waals surface area contributed by atoms with Crippen molar-refractivity contribution in [2.45, 2.75) is 32.9 Å². The van der Waals surface area contributed by atoms with E-state index in [4.69, 9.17) is 11.6 Å². The summed E-state index contributed by atoms with van der Waals surface area (Å²) in [5.74, 6) is 0. The maximum atomic E-state index is 6.19. The average Bonchev–Trinajstić information content (AvgIpc) is 2.74. The molecule has 0 aliphatic heterocycles. The van der Waals surface area contributed by atoms with E-state index in [0.717, 1.165) is 15.9 Å². The number of nitrogens with one attached hydrogen (secondary N) is 1. The van der Waals surface area contributed by atoms with Crippen molar-refractivity contribution in [3.63, 3.8) is 0 Å². The Labute approximate surface area is 126 Å². The summed E-state index contributed by atoms with van der Waals surface area (Å²) in [5.41, 5.74) is 1.76. The Morgan fingerprint density at radius 3 is 2.74 bits per heavy atom. The lowest BCUT2D eigenvalue weighted by molar-refractivity contribution is 0.421. The Morgan fingerprint density at radius 1 is 1.37 bits per heavy atom. The topological polar surface area (TPSA) is 42.7 Å². The van der Waals surface area contributed by atoms with E-state index in [9.17, 15) is 0 Å². The maximum absolute atomic E-state index is 6.19. The molecule has 0 amide bonds. The van der Waals surface area contributed by atoms with Crippen LogP contribution in [0.3, 0.4) is 0 Å². The van der Waals surface area contributed by atoms with Crippen molar-refractivity contribution in [3.8, 4) is 5.69 Å². The van der Waals surface area contributed by atoms with E-state index in [1.54, 1.807) is 4.68 Å². The second-order valence-corrected chi connectivity index (χ2v) is 6.68. The van der Waals surface area contributed by atoms with Gasteiger partial charge >= 0.3 is 0 Å². The van der Waals surface area contributed by atoms with Crippen LogP contribution in [-0.4, -0.2) is 20.5 Å². The summed E-state index contributed by atoms with van der Waals surface area (Å²) in [5, 5.41) is 12.2. The summed E-state index contributed by atoms with van der Waals surface area (Å²) >= 11 is 9.57. The van der Waals surface area contributed by atoms with Crippen LogP contribution in [0.5, 0.6) is 0 Å². The minimum absolute atomic E-state index is 0.0546. The molecule has 0 radical (unpaired) electrons. The second kappa shape index (κ2) is 5.61. The van der Waals surface area contributed by atoms with E-state index in [-0.39, 0.29) is 5.54 Å². The van der Waals surface area contributed by atoms with Crippen molar-refractivity contribution >= 4 is 27.5 Å². The average molecular weight is 344 g/mol. The van der Waals surface area contributed by atoms with E-state index in [1.807, 2.05) is 24.4 Å². The number of hydrogen-bond donors (Lipinski definition) is 1. The highest BCUT2D eigenvalue weighted by atomic mass is 79.9. The van der Waals surface area contributed by atoms with Gasteiger partial charge in [0.1, 0.15) is 0 Å². The van der Waals surface area contributed by atoms with Crippen LogP contribution in [0.2, 0.25) is 5.02 Å². The van der Waals surface area contributed by atoms with E-state index in [1.165, 1.54) is 0 Å². The quantitative estimate of drug-likeness (QED) is 0.926. The van der Waals surface area contributed by atoms with Crippen LogP contribution in [0.4, 0.5) is 0 Å². The van der Waals surface area contributed by atoms with Gasteiger partial charge in [-0.15, -0.1) is 5.10 Å². The highest BCUT2D eigenvalue weighted by Gasteiger charge is 2.11. The third-order valence-electron chi connectivity index (χ3n) is 2.50. The summed E-state index contributed by atoms with van der Waals surface area (Å²) in [7, 11) is 0. The van der Waals surface area contributed by atoms with Crippen molar-refractivity contribution in [1.82, 2.24) is 20.3 Å². The largest absolute Gasteiger partial charge is 0.306 e. The molecule has 0 aliphatic carbocycles. The van der Waals surface area contributed by atoms with Crippen LogP contribution in [0.25, 0.3) is 5.69 Å². The number of nitrogens with zero attached hydrogens (tertiary/aromatic N) is 3. The Hall–Kier alpha value is -0.910. The fraction of sp³-hybridized carbons (Fsp3) is 0.385. The summed E-state index contributed by atoms with van der Waals surface area (Å²) in [6.07, 6.45) is 1.88. The van der Waals surface area contributed by atoms with Crippen molar-refractivity contribution < 1.29 is 0 Å². The smallest absolute Gasteiger partial charge is 0.0969 e. The Bertz CT molecular complexity index is 574. The van der Waals surface area contributed by atoms with E-state index in [0.29, 0.717) is 11.6 Å². The fourth-order valence-corrected chi connectivity index (χ4v) is 2.28. The molecular formula is C13H16BrClN4. The molecule has 0 atom stereocenters. The first-order valence-electron chi connectivity index (χ1n) is 5.97. The molecule has 2 rings (SSSR count). The van der Waals surface area contributed by atoms with Crippen molar-refractivity contribution in [1.29, 1.82) is 0 Å². The molecule has 2 aromatic rings. The zero-order chi connectivity index (χ0) is 14.0. The van der Waals surface area contributed by atoms with Gasteiger partial charge in [-0.1, -0.05) is 32.7 Å². The van der Waals surface area contributed by atoms with E-state index >= 15 is 0 Å². The van der Waals surface area contributed by atoms with Crippen LogP contribution in [-0.2, 0) is 6.54 Å². The van der Waals surface area contributed by atoms with Crippen molar-refractivity contribution in [2.24, 2.45) is 0 Å². The summed E-state index contributed by atoms with van der Waals surface area (Å²) in [6, 6.07) is 5.67. The second-order valence-electron chi connectivity index (χ2n) is 5.35. The minimum atomic E-state index is 0.0546. The molecule has 0 spiro atoms. The van der Waals surface area contributed by atoms with Crippen molar-refractivity contribution in [2.75, 3.05) is 0 Å². The first kappa shape index (κ1) is 14.5. The third kappa shape index (κ3) is 4.03. The highest BCUT2D eigenvalue weighted by molar-refractivity contribution is 9.10. The number of rotatable bonds is 3. The van der Waals surface area contributed by atoms with Crippen LogP contribution in [0, 0.1) is 0 Å². The summed E-state index contributed by atoms with van der Waals surface area (Å²) < 4.78 is 2.63. The molecule has 0 bridgehead atoms. The SMILES string of the molecule is CC(C)(C)NCc1cn(-c2ccc(Br)cc2Cl)nn1. The Kier molecular flexibility index (Phi) is 4.28. The van der Waals surface area contributed by atoms with Crippen LogP contribution >= 0.6 is 27.5 Å². The summed E-state index contributed by atoms with van der Waals surface area (Å²) in [6.45, 7) is 7.02. The molecule has 102 valence electrons. The van der Waals surface area contributed by atoms with Gasteiger partial charge in [-0.3, -0.25) is 0 Å². The van der Waals surface area contributed by atoms with Gasteiger partial charge in [0.05, 0.1) is 22.6 Å². The van der Waals surface area contributed by atoms with Gasteiger partial charge in [0.25, 0.3) is 0 Å². The highest BCUT2D eigenvalue weighted by Crippen LogP contribution is 2.24. The molecule has 19 heavy (non-hydrogen) atoms. The van der Waals surface area contributed by atoms with Gasteiger partial charge in [0, 0.05) is 16.6 Å². The van der Waals surface area contributed by atoms with Gasteiger partial charge in [0.15, 0.2) is 0 Å². The maximum Gasteiger partial charge on any atom is 0.0969 e. The lowest BCUT2D eigenvalue weighted by Crippen LogP contribution is -2.35.